The maximum absolute atomic E-state index is 14.1. The maximum Gasteiger partial charge on any atom is 0.337 e. The number of ether oxygens (including phenoxy) is 2. The summed E-state index contributed by atoms with van der Waals surface area (Å²) in [5, 5.41) is 0. The van der Waals surface area contributed by atoms with Gasteiger partial charge in [0.25, 0.3) is 5.91 Å². The Balaban J connectivity index is 2.51. The summed E-state index contributed by atoms with van der Waals surface area (Å²) in [6.07, 6.45) is 0.270. The number of anilines is 1. The van der Waals surface area contributed by atoms with Gasteiger partial charge in [0.2, 0.25) is 10.0 Å². The minimum atomic E-state index is -4.06. The van der Waals surface area contributed by atoms with Crippen LogP contribution in [0.3, 0.4) is 0 Å². The van der Waals surface area contributed by atoms with Gasteiger partial charge in [-0.1, -0.05) is 6.92 Å². The first-order valence-corrected chi connectivity index (χ1v) is 9.95. The summed E-state index contributed by atoms with van der Waals surface area (Å²) in [5.41, 5.74) is 0.0786. The van der Waals surface area contributed by atoms with Crippen molar-refractivity contribution >= 4 is 27.6 Å². The van der Waals surface area contributed by atoms with Crippen molar-refractivity contribution in [2.45, 2.75) is 13.3 Å². The number of carbonyl (C=O) groups is 2. The van der Waals surface area contributed by atoms with Gasteiger partial charge in [0.05, 0.1) is 31.2 Å². The fourth-order valence-electron chi connectivity index (χ4n) is 2.52. The summed E-state index contributed by atoms with van der Waals surface area (Å²) < 4.78 is 49.5. The van der Waals surface area contributed by atoms with Crippen molar-refractivity contribution in [1.82, 2.24) is 0 Å². The van der Waals surface area contributed by atoms with E-state index >= 15 is 0 Å². The third-order valence-electron chi connectivity index (χ3n) is 3.85. The predicted octanol–water partition coefficient (Wildman–Crippen LogP) is 3.01. The molecule has 0 fully saturated rings. The van der Waals surface area contributed by atoms with Crippen molar-refractivity contribution in [1.29, 1.82) is 0 Å². The number of rotatable bonds is 7. The van der Waals surface area contributed by atoms with E-state index in [9.17, 15) is 22.4 Å². The Morgan fingerprint density at radius 2 is 1.64 bits per heavy atom. The van der Waals surface area contributed by atoms with Crippen LogP contribution in [0.1, 0.15) is 34.1 Å². The summed E-state index contributed by atoms with van der Waals surface area (Å²) in [6, 6.07) is 8.76. The van der Waals surface area contributed by atoms with E-state index in [1.165, 1.54) is 50.6 Å². The number of hydrogen-bond donors (Lipinski definition) is 0. The second kappa shape index (κ2) is 8.83. The largest absolute Gasteiger partial charge is 0.494 e. The van der Waals surface area contributed by atoms with Gasteiger partial charge in [-0.3, -0.25) is 4.79 Å². The molecule has 2 aromatic rings. The summed E-state index contributed by atoms with van der Waals surface area (Å²) in [7, 11) is -1.56. The summed E-state index contributed by atoms with van der Waals surface area (Å²) in [5.74, 6) is -2.63. The number of amides is 1. The average Bonchev–Trinajstić information content (AvgIpc) is 2.67. The summed E-state index contributed by atoms with van der Waals surface area (Å²) in [4.78, 5) is 24.5. The standard InChI is InChI=1S/C19H20FNO6S/c1-4-11-28(24,25)21(15-9-10-17(26-2)16(20)12-15)18(22)13-5-7-14(8-6-13)19(23)27-3/h5-10,12H,4,11H2,1-3H3. The predicted molar refractivity (Wildman–Crippen MR) is 102 cm³/mol. The second-order valence-corrected chi connectivity index (χ2v) is 7.71. The molecule has 28 heavy (non-hydrogen) atoms. The molecule has 0 saturated carbocycles. The number of benzene rings is 2. The van der Waals surface area contributed by atoms with E-state index in [1.807, 2.05) is 0 Å². The molecule has 0 bridgehead atoms. The van der Waals surface area contributed by atoms with E-state index in [4.69, 9.17) is 4.74 Å². The molecule has 0 aliphatic rings. The van der Waals surface area contributed by atoms with Crippen LogP contribution in [0.15, 0.2) is 42.5 Å². The average molecular weight is 409 g/mol. The Labute approximate surface area is 162 Å². The molecule has 0 aliphatic heterocycles. The highest BCUT2D eigenvalue weighted by atomic mass is 32.2. The van der Waals surface area contributed by atoms with Crippen molar-refractivity contribution < 1.29 is 31.9 Å². The Bertz CT molecular complexity index is 972. The smallest absolute Gasteiger partial charge is 0.337 e. The van der Waals surface area contributed by atoms with Crippen LogP contribution in [0.4, 0.5) is 10.1 Å². The van der Waals surface area contributed by atoms with E-state index < -0.39 is 27.7 Å². The van der Waals surface area contributed by atoms with Gasteiger partial charge >= 0.3 is 5.97 Å². The molecule has 1 amide bonds. The minimum absolute atomic E-state index is 0.0172. The van der Waals surface area contributed by atoms with Crippen LogP contribution in [0.25, 0.3) is 0 Å². The van der Waals surface area contributed by atoms with Gasteiger partial charge in [-0.25, -0.2) is 21.9 Å². The minimum Gasteiger partial charge on any atom is -0.494 e. The highest BCUT2D eigenvalue weighted by Gasteiger charge is 2.30. The van der Waals surface area contributed by atoms with Gasteiger partial charge in [-0.15, -0.1) is 0 Å². The highest BCUT2D eigenvalue weighted by Crippen LogP contribution is 2.27. The molecule has 0 aromatic heterocycles. The summed E-state index contributed by atoms with van der Waals surface area (Å²) in [6.45, 7) is 1.65. The molecule has 2 rings (SSSR count). The molecule has 0 atom stereocenters. The molecule has 0 saturated heterocycles. The first-order chi connectivity index (χ1) is 13.2. The van der Waals surface area contributed by atoms with E-state index in [0.717, 1.165) is 6.07 Å². The highest BCUT2D eigenvalue weighted by molar-refractivity contribution is 7.93. The van der Waals surface area contributed by atoms with Crippen LogP contribution < -0.4 is 9.04 Å². The Hall–Kier alpha value is -2.94. The first kappa shape index (κ1) is 21.4. The van der Waals surface area contributed by atoms with E-state index in [0.29, 0.717) is 4.31 Å². The molecule has 9 heteroatoms. The maximum atomic E-state index is 14.1. The molecule has 0 unspecified atom stereocenters. The zero-order valence-electron chi connectivity index (χ0n) is 15.6. The Morgan fingerprint density at radius 1 is 1.04 bits per heavy atom. The third kappa shape index (κ3) is 4.48. The number of halogens is 1. The van der Waals surface area contributed by atoms with E-state index in [1.54, 1.807) is 6.92 Å². The molecule has 0 aliphatic carbocycles. The first-order valence-electron chi connectivity index (χ1n) is 8.34. The normalized spacial score (nSPS) is 11.0. The lowest BCUT2D eigenvalue weighted by Crippen LogP contribution is -2.38. The lowest BCUT2D eigenvalue weighted by atomic mass is 10.1. The van der Waals surface area contributed by atoms with Crippen LogP contribution in [-0.4, -0.2) is 40.3 Å². The van der Waals surface area contributed by atoms with Gasteiger partial charge in [0, 0.05) is 11.6 Å². The Kier molecular flexibility index (Phi) is 6.74. The van der Waals surface area contributed by atoms with Crippen LogP contribution in [0.5, 0.6) is 5.75 Å². The molecule has 150 valence electrons. The van der Waals surface area contributed by atoms with Crippen LogP contribution in [0, 0.1) is 5.82 Å². The number of methoxy groups -OCH3 is 2. The zero-order chi connectivity index (χ0) is 20.9. The van der Waals surface area contributed by atoms with Crippen molar-refractivity contribution in [3.63, 3.8) is 0 Å². The number of carbonyl (C=O) groups excluding carboxylic acids is 2. The van der Waals surface area contributed by atoms with Crippen molar-refractivity contribution in [2.75, 3.05) is 24.3 Å². The van der Waals surface area contributed by atoms with Crippen LogP contribution in [0.2, 0.25) is 0 Å². The van der Waals surface area contributed by atoms with Crippen LogP contribution in [-0.2, 0) is 14.8 Å². The van der Waals surface area contributed by atoms with Crippen molar-refractivity contribution in [3.05, 3.63) is 59.4 Å². The van der Waals surface area contributed by atoms with Gasteiger partial charge in [-0.2, -0.15) is 0 Å². The number of esters is 1. The van der Waals surface area contributed by atoms with Gasteiger partial charge in [0.15, 0.2) is 11.6 Å². The van der Waals surface area contributed by atoms with Gasteiger partial charge in [0.1, 0.15) is 0 Å². The molecule has 0 radical (unpaired) electrons. The molecule has 0 heterocycles. The Morgan fingerprint density at radius 3 is 2.14 bits per heavy atom. The van der Waals surface area contributed by atoms with Crippen LogP contribution >= 0.6 is 0 Å². The topological polar surface area (TPSA) is 90.0 Å². The zero-order valence-corrected chi connectivity index (χ0v) is 16.5. The quantitative estimate of drug-likeness (QED) is 0.653. The number of hydrogen-bond acceptors (Lipinski definition) is 6. The fourth-order valence-corrected chi connectivity index (χ4v) is 4.01. The van der Waals surface area contributed by atoms with E-state index in [-0.39, 0.29) is 34.7 Å². The molecule has 0 spiro atoms. The second-order valence-electron chi connectivity index (χ2n) is 5.77. The van der Waals surface area contributed by atoms with Gasteiger partial charge < -0.3 is 9.47 Å². The molecular weight excluding hydrogens is 389 g/mol. The number of sulfonamides is 1. The van der Waals surface area contributed by atoms with Crippen molar-refractivity contribution in [2.24, 2.45) is 0 Å². The number of nitrogens with zero attached hydrogens (tertiary/aromatic N) is 1. The molecular formula is C19H20FNO6S. The monoisotopic (exact) mass is 409 g/mol. The SMILES string of the molecule is CCCS(=O)(=O)N(C(=O)c1ccc(C(=O)OC)cc1)c1ccc(OC)c(F)c1. The molecule has 0 N–H and O–H groups in total. The lowest BCUT2D eigenvalue weighted by molar-refractivity contribution is 0.0600. The summed E-state index contributed by atoms with van der Waals surface area (Å²) >= 11 is 0. The molecule has 7 nitrogen and oxygen atoms in total. The fraction of sp³-hybridized carbons (Fsp3) is 0.263. The molecule has 2 aromatic carbocycles. The van der Waals surface area contributed by atoms with Gasteiger partial charge in [-0.05, 0) is 42.8 Å². The third-order valence-corrected chi connectivity index (χ3v) is 5.70. The lowest BCUT2D eigenvalue weighted by Gasteiger charge is -2.23. The van der Waals surface area contributed by atoms with E-state index in [2.05, 4.69) is 4.74 Å². The van der Waals surface area contributed by atoms with Crippen molar-refractivity contribution in [3.8, 4) is 5.75 Å².